The fourth-order valence-corrected chi connectivity index (χ4v) is 3.03. The lowest BCUT2D eigenvalue weighted by Gasteiger charge is -2.12. The monoisotopic (exact) mass is 416 g/mol. The van der Waals surface area contributed by atoms with Gasteiger partial charge in [0, 0.05) is 11.4 Å². The van der Waals surface area contributed by atoms with E-state index in [9.17, 15) is 0 Å². The Hall–Kier alpha value is -3.64. The average molecular weight is 417 g/mol. The van der Waals surface area contributed by atoms with Crippen LogP contribution in [0.25, 0.3) is 0 Å². The molecule has 0 saturated carbocycles. The lowest BCUT2D eigenvalue weighted by atomic mass is 10.2. The number of nitrogens with one attached hydrogen (secondary N) is 3. The fourth-order valence-electron chi connectivity index (χ4n) is 2.84. The normalized spacial score (nSPS) is 10.5. The van der Waals surface area contributed by atoms with Crippen LogP contribution in [-0.2, 0) is 0 Å². The molecule has 3 aromatic carbocycles. The summed E-state index contributed by atoms with van der Waals surface area (Å²) in [4.78, 5) is 13.5. The summed E-state index contributed by atoms with van der Waals surface area (Å²) in [6.45, 7) is 4.08. The molecule has 1 aromatic heterocycles. The fraction of sp³-hybridized carbons (Fsp3) is 0.0870. The molecule has 0 aliphatic heterocycles. The van der Waals surface area contributed by atoms with Gasteiger partial charge in [0.25, 0.3) is 0 Å². The number of hydrogen-bond donors (Lipinski definition) is 3. The van der Waals surface area contributed by atoms with Gasteiger partial charge in [-0.1, -0.05) is 53.6 Å². The Balaban J connectivity index is 1.67. The minimum absolute atomic E-state index is 0.378. The van der Waals surface area contributed by atoms with E-state index in [-0.39, 0.29) is 0 Å². The lowest BCUT2D eigenvalue weighted by molar-refractivity contribution is 1.06. The predicted octanol–water partition coefficient (Wildman–Crippen LogP) is 6.37. The first-order chi connectivity index (χ1) is 14.5. The molecule has 0 bridgehead atoms. The summed E-state index contributed by atoms with van der Waals surface area (Å²) >= 11 is 6.28. The van der Waals surface area contributed by atoms with Gasteiger partial charge >= 0.3 is 0 Å². The maximum absolute atomic E-state index is 6.28. The zero-order valence-corrected chi connectivity index (χ0v) is 17.4. The highest BCUT2D eigenvalue weighted by Crippen LogP contribution is 2.25. The van der Waals surface area contributed by atoms with E-state index in [1.54, 1.807) is 0 Å². The smallest absolute Gasteiger partial charge is 0.233 e. The quantitative estimate of drug-likeness (QED) is 0.339. The van der Waals surface area contributed by atoms with Crippen molar-refractivity contribution in [3.63, 3.8) is 0 Å². The van der Waals surface area contributed by atoms with Gasteiger partial charge < -0.3 is 16.0 Å². The third-order valence-corrected chi connectivity index (χ3v) is 4.67. The molecule has 0 fully saturated rings. The molecule has 0 amide bonds. The van der Waals surface area contributed by atoms with Crippen LogP contribution < -0.4 is 16.0 Å². The number of aryl methyl sites for hydroxylation is 2. The van der Waals surface area contributed by atoms with Crippen molar-refractivity contribution in [1.29, 1.82) is 0 Å². The van der Waals surface area contributed by atoms with Gasteiger partial charge in [0.2, 0.25) is 17.8 Å². The number of benzene rings is 3. The molecule has 0 radical (unpaired) electrons. The second kappa shape index (κ2) is 8.80. The molecule has 0 saturated heterocycles. The summed E-state index contributed by atoms with van der Waals surface area (Å²) < 4.78 is 0. The summed E-state index contributed by atoms with van der Waals surface area (Å²) in [5.41, 5.74) is 4.82. The second-order valence-corrected chi connectivity index (χ2v) is 7.30. The molecule has 0 unspecified atom stereocenters. The van der Waals surface area contributed by atoms with E-state index in [2.05, 4.69) is 30.9 Å². The van der Waals surface area contributed by atoms with Gasteiger partial charge in [-0.05, 0) is 55.8 Å². The third kappa shape index (κ3) is 5.04. The minimum Gasteiger partial charge on any atom is -0.324 e. The van der Waals surface area contributed by atoms with Crippen LogP contribution in [0.1, 0.15) is 11.1 Å². The molecule has 6 nitrogen and oxygen atoms in total. The average Bonchev–Trinajstić information content (AvgIpc) is 2.71. The highest BCUT2D eigenvalue weighted by atomic mass is 35.5. The molecule has 1 heterocycles. The molecule has 4 rings (SSSR count). The summed E-state index contributed by atoms with van der Waals surface area (Å²) in [5, 5.41) is 10.2. The van der Waals surface area contributed by atoms with Gasteiger partial charge in [0.05, 0.1) is 10.7 Å². The van der Waals surface area contributed by atoms with Gasteiger partial charge in [-0.3, -0.25) is 0 Å². The van der Waals surface area contributed by atoms with E-state index in [0.717, 1.165) is 16.9 Å². The standard InChI is InChI=1S/C23H21ClN6/c1-15-10-12-17(13-11-15)25-21-28-22(26-18-7-5-6-16(2)14-18)30-23(29-21)27-20-9-4-3-8-19(20)24/h3-14H,1-2H3,(H3,25,26,27,28,29,30). The zero-order valence-electron chi connectivity index (χ0n) is 16.6. The van der Waals surface area contributed by atoms with Crippen molar-refractivity contribution in [2.75, 3.05) is 16.0 Å². The number of anilines is 6. The van der Waals surface area contributed by atoms with Crippen LogP contribution in [0.4, 0.5) is 34.9 Å². The van der Waals surface area contributed by atoms with Gasteiger partial charge in [0.1, 0.15) is 0 Å². The minimum atomic E-state index is 0.378. The molecular weight excluding hydrogens is 396 g/mol. The van der Waals surface area contributed by atoms with Crippen molar-refractivity contribution in [2.24, 2.45) is 0 Å². The number of nitrogens with zero attached hydrogens (tertiary/aromatic N) is 3. The number of aromatic nitrogens is 3. The molecule has 30 heavy (non-hydrogen) atoms. The van der Waals surface area contributed by atoms with Crippen LogP contribution in [0.3, 0.4) is 0 Å². The number of halogens is 1. The molecule has 0 atom stereocenters. The largest absolute Gasteiger partial charge is 0.324 e. The van der Waals surface area contributed by atoms with Crippen LogP contribution in [0.15, 0.2) is 72.8 Å². The third-order valence-electron chi connectivity index (χ3n) is 4.34. The Morgan fingerprint density at radius 3 is 1.90 bits per heavy atom. The first kappa shape index (κ1) is 19.7. The van der Waals surface area contributed by atoms with Crippen molar-refractivity contribution >= 4 is 46.5 Å². The Morgan fingerprint density at radius 2 is 1.23 bits per heavy atom. The summed E-state index contributed by atoms with van der Waals surface area (Å²) in [5.74, 6) is 1.21. The van der Waals surface area contributed by atoms with E-state index in [0.29, 0.717) is 28.6 Å². The topological polar surface area (TPSA) is 74.8 Å². The van der Waals surface area contributed by atoms with Gasteiger partial charge in [0.15, 0.2) is 0 Å². The molecule has 7 heteroatoms. The Bertz CT molecular complexity index is 1160. The predicted molar refractivity (Wildman–Crippen MR) is 123 cm³/mol. The van der Waals surface area contributed by atoms with Crippen molar-refractivity contribution in [3.05, 3.63) is 88.9 Å². The van der Waals surface area contributed by atoms with Crippen LogP contribution >= 0.6 is 11.6 Å². The van der Waals surface area contributed by atoms with Crippen LogP contribution in [0, 0.1) is 13.8 Å². The Kier molecular flexibility index (Phi) is 5.77. The van der Waals surface area contributed by atoms with Gasteiger partial charge in [-0.15, -0.1) is 0 Å². The lowest BCUT2D eigenvalue weighted by Crippen LogP contribution is -2.07. The highest BCUT2D eigenvalue weighted by Gasteiger charge is 2.10. The van der Waals surface area contributed by atoms with E-state index in [1.807, 2.05) is 86.6 Å². The molecule has 3 N–H and O–H groups in total. The summed E-state index contributed by atoms with van der Waals surface area (Å²) in [7, 11) is 0. The number of para-hydroxylation sites is 1. The van der Waals surface area contributed by atoms with Crippen LogP contribution in [-0.4, -0.2) is 15.0 Å². The van der Waals surface area contributed by atoms with Gasteiger partial charge in [-0.25, -0.2) is 0 Å². The first-order valence-electron chi connectivity index (χ1n) is 9.50. The maximum Gasteiger partial charge on any atom is 0.233 e. The number of rotatable bonds is 6. The SMILES string of the molecule is Cc1ccc(Nc2nc(Nc3cccc(C)c3)nc(Nc3ccccc3Cl)n2)cc1. The highest BCUT2D eigenvalue weighted by molar-refractivity contribution is 6.33. The molecule has 0 aliphatic rings. The number of hydrogen-bond acceptors (Lipinski definition) is 6. The zero-order chi connectivity index (χ0) is 20.9. The van der Waals surface area contributed by atoms with Gasteiger partial charge in [-0.2, -0.15) is 15.0 Å². The van der Waals surface area contributed by atoms with Crippen molar-refractivity contribution in [1.82, 2.24) is 15.0 Å². The van der Waals surface area contributed by atoms with Crippen LogP contribution in [0.2, 0.25) is 5.02 Å². The van der Waals surface area contributed by atoms with E-state index < -0.39 is 0 Å². The maximum atomic E-state index is 6.28. The molecular formula is C23H21ClN6. The van der Waals surface area contributed by atoms with Crippen molar-refractivity contribution < 1.29 is 0 Å². The first-order valence-corrected chi connectivity index (χ1v) is 9.88. The summed E-state index contributed by atoms with van der Waals surface area (Å²) in [6.07, 6.45) is 0. The van der Waals surface area contributed by atoms with E-state index in [1.165, 1.54) is 5.56 Å². The van der Waals surface area contributed by atoms with Crippen molar-refractivity contribution in [3.8, 4) is 0 Å². The Labute approximate surface area is 180 Å². The molecule has 150 valence electrons. The van der Waals surface area contributed by atoms with E-state index >= 15 is 0 Å². The molecule has 0 spiro atoms. The molecule has 0 aliphatic carbocycles. The van der Waals surface area contributed by atoms with Crippen molar-refractivity contribution in [2.45, 2.75) is 13.8 Å². The van der Waals surface area contributed by atoms with E-state index in [4.69, 9.17) is 11.6 Å². The Morgan fingerprint density at radius 1 is 0.600 bits per heavy atom. The summed E-state index contributed by atoms with van der Waals surface area (Å²) in [6, 6.07) is 23.5. The second-order valence-electron chi connectivity index (χ2n) is 6.90. The van der Waals surface area contributed by atoms with Crippen LogP contribution in [0.5, 0.6) is 0 Å². The molecule has 4 aromatic rings.